The van der Waals surface area contributed by atoms with E-state index in [9.17, 15) is 14.9 Å². The molecule has 1 N–H and O–H groups in total. The zero-order chi connectivity index (χ0) is 20.5. The maximum atomic E-state index is 12.6. The fourth-order valence-corrected chi connectivity index (χ4v) is 2.80. The number of hydrogen-bond donors (Lipinski definition) is 1. The second-order valence-electron chi connectivity index (χ2n) is 5.68. The third-order valence-electron chi connectivity index (χ3n) is 3.90. The topological polar surface area (TPSA) is 181 Å². The van der Waals surface area contributed by atoms with Gasteiger partial charge in [-0.2, -0.15) is 14.0 Å². The molecule has 0 aliphatic carbocycles. The SMILES string of the molecule is O=c1c2cc([N+](=O)[O-])ccc2nc2n1CC/C2=C\c1ccco1.[O-][Cl+3]([O-])([O-])O. The highest BCUT2D eigenvalue weighted by molar-refractivity contribution is 5.85. The van der Waals surface area contributed by atoms with Gasteiger partial charge in [0.05, 0.1) is 37.0 Å². The van der Waals surface area contributed by atoms with Gasteiger partial charge in [-0.25, -0.2) is 4.98 Å². The Bertz CT molecular complexity index is 1110. The molecule has 2 aromatic heterocycles. The first-order valence-electron chi connectivity index (χ1n) is 7.70. The summed E-state index contributed by atoms with van der Waals surface area (Å²) in [7, 11) is -4.69. The number of benzene rings is 1. The fraction of sp³-hybridized carbons (Fsp3) is 0.125. The molecule has 28 heavy (non-hydrogen) atoms. The predicted octanol–water partition coefficient (Wildman–Crippen LogP) is -1.28. The van der Waals surface area contributed by atoms with Gasteiger partial charge in [0.1, 0.15) is 11.6 Å². The van der Waals surface area contributed by atoms with Crippen molar-refractivity contribution in [1.82, 2.24) is 9.55 Å². The van der Waals surface area contributed by atoms with Gasteiger partial charge in [0.15, 0.2) is 0 Å². The van der Waals surface area contributed by atoms with Crippen LogP contribution in [-0.2, 0) is 6.54 Å². The van der Waals surface area contributed by atoms with Crippen LogP contribution in [0, 0.1) is 20.4 Å². The molecular weight excluding hydrogens is 398 g/mol. The number of non-ortho nitro benzene ring substituents is 1. The highest BCUT2D eigenvalue weighted by Crippen LogP contribution is 2.28. The first kappa shape index (κ1) is 19.7. The summed E-state index contributed by atoms with van der Waals surface area (Å²) in [6, 6.07) is 7.78. The van der Waals surface area contributed by atoms with Gasteiger partial charge in [0, 0.05) is 24.3 Å². The summed E-state index contributed by atoms with van der Waals surface area (Å²) in [5.41, 5.74) is 1.01. The zero-order valence-electron chi connectivity index (χ0n) is 14.0. The third-order valence-corrected chi connectivity index (χ3v) is 3.90. The number of halogens is 1. The van der Waals surface area contributed by atoms with Crippen molar-refractivity contribution in [3.8, 4) is 0 Å². The smallest absolute Gasteiger partial charge is 0.270 e. The van der Waals surface area contributed by atoms with Crippen molar-refractivity contribution in [3.63, 3.8) is 0 Å². The molecule has 12 heteroatoms. The van der Waals surface area contributed by atoms with Crippen LogP contribution in [0.5, 0.6) is 0 Å². The van der Waals surface area contributed by atoms with E-state index in [1.54, 1.807) is 16.9 Å². The van der Waals surface area contributed by atoms with Crippen LogP contribution in [-0.4, -0.2) is 19.1 Å². The number of hydrogen-bond acceptors (Lipinski definition) is 9. The third kappa shape index (κ3) is 4.42. The molecule has 0 saturated carbocycles. The lowest BCUT2D eigenvalue weighted by Crippen LogP contribution is -2.58. The quantitative estimate of drug-likeness (QED) is 0.398. The van der Waals surface area contributed by atoms with E-state index in [0.717, 1.165) is 5.57 Å². The summed E-state index contributed by atoms with van der Waals surface area (Å²) in [6.07, 6.45) is 4.12. The van der Waals surface area contributed by atoms with Crippen molar-refractivity contribution in [3.05, 3.63) is 68.6 Å². The Labute approximate surface area is 158 Å². The van der Waals surface area contributed by atoms with Crippen LogP contribution in [0.1, 0.15) is 18.0 Å². The maximum Gasteiger partial charge on any atom is 0.270 e. The number of fused-ring (bicyclic) bond motifs is 2. The number of furan rings is 1. The molecule has 3 aromatic rings. The van der Waals surface area contributed by atoms with Crippen molar-refractivity contribution in [2.24, 2.45) is 0 Å². The van der Waals surface area contributed by atoms with Crippen LogP contribution in [0.3, 0.4) is 0 Å². The summed E-state index contributed by atoms with van der Waals surface area (Å²) < 4.78 is 39.6. The van der Waals surface area contributed by atoms with E-state index in [4.69, 9.17) is 23.1 Å². The van der Waals surface area contributed by atoms with Crippen molar-refractivity contribution >= 4 is 28.2 Å². The van der Waals surface area contributed by atoms with E-state index in [0.29, 0.717) is 30.1 Å². The molecule has 1 aliphatic heterocycles. The molecule has 0 unspecified atom stereocenters. The molecule has 1 aliphatic rings. The summed E-state index contributed by atoms with van der Waals surface area (Å²) >= 11 is 0. The van der Waals surface area contributed by atoms with E-state index in [2.05, 4.69) is 4.98 Å². The minimum atomic E-state index is -4.69. The minimum Gasteiger partial charge on any atom is -0.465 e. The average Bonchev–Trinajstić information content (AvgIpc) is 3.24. The van der Waals surface area contributed by atoms with Gasteiger partial charge < -0.3 is 4.42 Å². The lowest BCUT2D eigenvalue weighted by Gasteiger charge is -2.05. The number of aromatic nitrogens is 2. The molecule has 0 amide bonds. The Kier molecular flexibility index (Phi) is 5.27. The van der Waals surface area contributed by atoms with E-state index in [-0.39, 0.29) is 16.6 Å². The summed E-state index contributed by atoms with van der Waals surface area (Å²) in [5.74, 6) is 1.29. The molecule has 1 aromatic carbocycles. The number of nitro groups is 1. The zero-order valence-corrected chi connectivity index (χ0v) is 14.7. The molecule has 0 bridgehead atoms. The van der Waals surface area contributed by atoms with E-state index in [1.807, 2.05) is 12.1 Å². The second kappa shape index (κ2) is 7.50. The second-order valence-corrected chi connectivity index (χ2v) is 6.47. The van der Waals surface area contributed by atoms with Crippen LogP contribution >= 0.6 is 0 Å². The van der Waals surface area contributed by atoms with E-state index < -0.39 is 15.2 Å². The maximum absolute atomic E-state index is 12.6. The molecule has 0 spiro atoms. The fourth-order valence-electron chi connectivity index (χ4n) is 2.80. The van der Waals surface area contributed by atoms with Gasteiger partial charge in [-0.1, -0.05) is 0 Å². The van der Waals surface area contributed by atoms with Crippen LogP contribution in [0.4, 0.5) is 5.69 Å². The number of nitrogens with zero attached hydrogens (tertiary/aromatic N) is 3. The van der Waals surface area contributed by atoms with Gasteiger partial charge in [0.25, 0.3) is 11.2 Å². The first-order valence-corrected chi connectivity index (χ1v) is 8.96. The van der Waals surface area contributed by atoms with Crippen molar-refractivity contribution in [1.29, 1.82) is 0 Å². The highest BCUT2D eigenvalue weighted by Gasteiger charge is 2.22. The van der Waals surface area contributed by atoms with Crippen LogP contribution in [0.15, 0.2) is 45.8 Å². The van der Waals surface area contributed by atoms with Crippen molar-refractivity contribution in [2.75, 3.05) is 0 Å². The lowest BCUT2D eigenvalue weighted by molar-refractivity contribution is -1.92. The van der Waals surface area contributed by atoms with Crippen molar-refractivity contribution < 1.29 is 38.2 Å². The minimum absolute atomic E-state index is 0.110. The number of allylic oxidation sites excluding steroid dienone is 1. The van der Waals surface area contributed by atoms with Crippen LogP contribution < -0.4 is 19.5 Å². The summed E-state index contributed by atoms with van der Waals surface area (Å²) in [6.45, 7) is 0.506. The average molecular weight is 410 g/mol. The predicted molar refractivity (Wildman–Crippen MR) is 86.1 cm³/mol. The number of rotatable bonds is 2. The van der Waals surface area contributed by atoms with Crippen molar-refractivity contribution in [2.45, 2.75) is 13.0 Å². The monoisotopic (exact) mass is 409 g/mol. The lowest BCUT2D eigenvalue weighted by atomic mass is 10.1. The Balaban J connectivity index is 0.000000403. The Hall–Kier alpha value is -3.09. The summed E-state index contributed by atoms with van der Waals surface area (Å²) in [5, 5.41) is 11.1. The first-order chi connectivity index (χ1) is 13.1. The van der Waals surface area contributed by atoms with Gasteiger partial charge >= 0.3 is 0 Å². The highest BCUT2D eigenvalue weighted by atomic mass is 35.7. The molecule has 4 rings (SSSR count). The molecule has 3 heterocycles. The number of nitro benzene ring substituents is 1. The van der Waals surface area contributed by atoms with Crippen LogP contribution in [0.25, 0.3) is 22.6 Å². The van der Waals surface area contributed by atoms with Gasteiger partial charge in [-0.15, -0.1) is 0 Å². The molecule has 0 radical (unpaired) electrons. The largest absolute Gasteiger partial charge is 0.465 e. The summed E-state index contributed by atoms with van der Waals surface area (Å²) in [4.78, 5) is 27.5. The standard InChI is InChI=1S/C16H11N3O4.ClHO4/c20-16-13-9-11(19(21)22)3-4-14(13)17-15-10(5-6-18(15)16)8-12-2-1-7-23-12;2-1(3,4)5/h1-4,7-9H,5-6H2;(H,2,3,4,5)/b10-8+;. The molecule has 11 nitrogen and oxygen atoms in total. The molecule has 146 valence electrons. The van der Waals surface area contributed by atoms with E-state index >= 15 is 0 Å². The molecule has 0 atom stereocenters. The molecular formula is C16H12ClN3O8. The normalized spacial score (nSPS) is 14.6. The van der Waals surface area contributed by atoms with Gasteiger partial charge in [0.2, 0.25) is 0 Å². The Morgan fingerprint density at radius 1 is 1.29 bits per heavy atom. The molecule has 0 fully saturated rings. The van der Waals surface area contributed by atoms with Crippen LogP contribution in [0.2, 0.25) is 0 Å². The molecule has 0 saturated heterocycles. The van der Waals surface area contributed by atoms with Gasteiger partial charge in [-0.05, 0) is 30.7 Å². The Morgan fingerprint density at radius 2 is 2.00 bits per heavy atom. The van der Waals surface area contributed by atoms with E-state index in [1.165, 1.54) is 18.2 Å². The Morgan fingerprint density at radius 3 is 2.61 bits per heavy atom. The van der Waals surface area contributed by atoms with Gasteiger partial charge in [-0.3, -0.25) is 19.5 Å².